The normalized spacial score (nSPS) is 14.4. The number of primary amides is 1. The summed E-state index contributed by atoms with van der Waals surface area (Å²) in [7, 11) is 0. The summed E-state index contributed by atoms with van der Waals surface area (Å²) in [6.45, 7) is 0. The Balaban J connectivity index is 1.77. The summed E-state index contributed by atoms with van der Waals surface area (Å²) in [5, 5.41) is 5.41. The van der Waals surface area contributed by atoms with E-state index < -0.39 is 0 Å². The van der Waals surface area contributed by atoms with Crippen LogP contribution in [0.1, 0.15) is 32.1 Å². The first-order chi connectivity index (χ1) is 11.7. The maximum Gasteiger partial charge on any atom is 0.223 e. The van der Waals surface area contributed by atoms with Crippen LogP contribution in [0.4, 0.5) is 0 Å². The van der Waals surface area contributed by atoms with Gasteiger partial charge in [-0.3, -0.25) is 4.79 Å². The minimum absolute atomic E-state index is 0.208. The van der Waals surface area contributed by atoms with Gasteiger partial charge in [0, 0.05) is 23.3 Å². The molecule has 1 fully saturated rings. The number of nitrogens with zero attached hydrogens (tertiary/aromatic N) is 4. The Kier molecular flexibility index (Phi) is 3.60. The number of hydrogen-bond acceptors (Lipinski definition) is 4. The molecule has 7 heteroatoms. The molecule has 7 nitrogen and oxygen atoms in total. The van der Waals surface area contributed by atoms with Crippen LogP contribution >= 0.6 is 0 Å². The van der Waals surface area contributed by atoms with Crippen LogP contribution in [0.15, 0.2) is 36.6 Å². The van der Waals surface area contributed by atoms with Gasteiger partial charge in [-0.2, -0.15) is 5.10 Å². The summed E-state index contributed by atoms with van der Waals surface area (Å²) in [6.07, 6.45) is 11.6. The largest absolute Gasteiger partial charge is 0.369 e. The van der Waals surface area contributed by atoms with Gasteiger partial charge in [0.25, 0.3) is 0 Å². The van der Waals surface area contributed by atoms with Crippen molar-refractivity contribution in [2.45, 2.75) is 32.1 Å². The fourth-order valence-electron chi connectivity index (χ4n) is 3.32. The number of allylic oxidation sites excluding steroid dienone is 1. The second-order valence-electron chi connectivity index (χ2n) is 6.04. The standard InChI is InChI=1S/C17H18N6O/c18-15(24)7-14(11-3-1-2-4-11)23-9-12(8-22-23)16-13-5-6-19-17(13)21-10-20-16/h5-6,8-10H,1-4,7H2,(H2,18,24)(H,19,20,21). The fourth-order valence-corrected chi connectivity index (χ4v) is 3.32. The minimum Gasteiger partial charge on any atom is -0.369 e. The highest BCUT2D eigenvalue weighted by Crippen LogP contribution is 2.32. The van der Waals surface area contributed by atoms with Crippen molar-refractivity contribution in [2.75, 3.05) is 0 Å². The molecule has 0 saturated heterocycles. The van der Waals surface area contributed by atoms with E-state index >= 15 is 0 Å². The van der Waals surface area contributed by atoms with E-state index in [1.54, 1.807) is 10.9 Å². The third-order valence-corrected chi connectivity index (χ3v) is 4.44. The second kappa shape index (κ2) is 5.92. The van der Waals surface area contributed by atoms with Gasteiger partial charge in [0.15, 0.2) is 0 Å². The van der Waals surface area contributed by atoms with E-state index in [1.807, 2.05) is 18.5 Å². The number of fused-ring (bicyclic) bond motifs is 1. The third-order valence-electron chi connectivity index (χ3n) is 4.44. The van der Waals surface area contributed by atoms with E-state index in [4.69, 9.17) is 5.73 Å². The van der Waals surface area contributed by atoms with Gasteiger partial charge in [0.2, 0.25) is 5.91 Å². The first kappa shape index (κ1) is 14.6. The molecule has 4 rings (SSSR count). The molecule has 122 valence electrons. The van der Waals surface area contributed by atoms with Crippen LogP contribution in [0, 0.1) is 0 Å². The Morgan fingerprint density at radius 2 is 2.12 bits per heavy atom. The predicted molar refractivity (Wildman–Crippen MR) is 90.6 cm³/mol. The molecule has 0 aliphatic heterocycles. The molecular weight excluding hydrogens is 304 g/mol. The molecular formula is C17H18N6O. The molecule has 3 aromatic rings. The Hall–Kier alpha value is -2.96. The number of carbonyl (C=O) groups is 1. The molecule has 3 heterocycles. The van der Waals surface area contributed by atoms with Crippen LogP contribution in [0.25, 0.3) is 28.0 Å². The van der Waals surface area contributed by atoms with Gasteiger partial charge in [-0.05, 0) is 37.3 Å². The summed E-state index contributed by atoms with van der Waals surface area (Å²) in [6, 6.07) is 1.95. The highest BCUT2D eigenvalue weighted by Gasteiger charge is 2.18. The number of aromatic nitrogens is 5. The lowest BCUT2D eigenvalue weighted by Gasteiger charge is -2.10. The number of H-pyrrole nitrogens is 1. The molecule has 3 aromatic heterocycles. The number of amides is 1. The Bertz CT molecular complexity index is 927. The van der Waals surface area contributed by atoms with Crippen molar-refractivity contribution in [1.29, 1.82) is 0 Å². The van der Waals surface area contributed by atoms with E-state index in [-0.39, 0.29) is 12.3 Å². The zero-order valence-corrected chi connectivity index (χ0v) is 13.2. The van der Waals surface area contributed by atoms with Crippen molar-refractivity contribution in [3.8, 4) is 11.3 Å². The zero-order valence-electron chi connectivity index (χ0n) is 13.2. The average molecular weight is 322 g/mol. The van der Waals surface area contributed by atoms with Crippen molar-refractivity contribution in [2.24, 2.45) is 5.73 Å². The SMILES string of the molecule is NC(=O)CC(=C1CCCC1)n1cc(-c2ncnc3[nH]ccc23)cn1. The van der Waals surface area contributed by atoms with Crippen molar-refractivity contribution in [1.82, 2.24) is 24.7 Å². The molecule has 0 atom stereocenters. The van der Waals surface area contributed by atoms with Crippen LogP contribution < -0.4 is 5.73 Å². The van der Waals surface area contributed by atoms with Gasteiger partial charge in [0.05, 0.1) is 24.0 Å². The van der Waals surface area contributed by atoms with Gasteiger partial charge in [0.1, 0.15) is 12.0 Å². The summed E-state index contributed by atoms with van der Waals surface area (Å²) >= 11 is 0. The van der Waals surface area contributed by atoms with E-state index in [0.717, 1.165) is 53.7 Å². The predicted octanol–water partition coefficient (Wildman–Crippen LogP) is 2.48. The first-order valence-electron chi connectivity index (χ1n) is 8.05. The van der Waals surface area contributed by atoms with E-state index in [9.17, 15) is 4.79 Å². The lowest BCUT2D eigenvalue weighted by atomic mass is 10.1. The van der Waals surface area contributed by atoms with Gasteiger partial charge in [-0.1, -0.05) is 0 Å². The highest BCUT2D eigenvalue weighted by molar-refractivity contribution is 5.90. The molecule has 0 bridgehead atoms. The molecule has 24 heavy (non-hydrogen) atoms. The van der Waals surface area contributed by atoms with Gasteiger partial charge in [-0.15, -0.1) is 0 Å². The highest BCUT2D eigenvalue weighted by atomic mass is 16.1. The van der Waals surface area contributed by atoms with Crippen LogP contribution in [0.2, 0.25) is 0 Å². The van der Waals surface area contributed by atoms with Crippen LogP contribution in [-0.4, -0.2) is 30.6 Å². The summed E-state index contributed by atoms with van der Waals surface area (Å²) in [5.74, 6) is -0.337. The van der Waals surface area contributed by atoms with Crippen LogP contribution in [-0.2, 0) is 4.79 Å². The van der Waals surface area contributed by atoms with Crippen molar-refractivity contribution in [3.63, 3.8) is 0 Å². The molecule has 0 aromatic carbocycles. The maximum absolute atomic E-state index is 11.5. The number of nitrogens with one attached hydrogen (secondary N) is 1. The van der Waals surface area contributed by atoms with Gasteiger partial charge >= 0.3 is 0 Å². The summed E-state index contributed by atoms with van der Waals surface area (Å²) in [4.78, 5) is 23.2. The molecule has 1 amide bonds. The quantitative estimate of drug-likeness (QED) is 0.770. The molecule has 0 spiro atoms. The Morgan fingerprint density at radius 1 is 1.29 bits per heavy atom. The van der Waals surface area contributed by atoms with Gasteiger partial charge < -0.3 is 10.7 Å². The monoisotopic (exact) mass is 322 g/mol. The summed E-state index contributed by atoms with van der Waals surface area (Å²) < 4.78 is 1.78. The lowest BCUT2D eigenvalue weighted by Crippen LogP contribution is -2.14. The second-order valence-corrected chi connectivity index (χ2v) is 6.04. The van der Waals surface area contributed by atoms with E-state index in [0.29, 0.717) is 0 Å². The maximum atomic E-state index is 11.5. The first-order valence-corrected chi connectivity index (χ1v) is 8.05. The number of aromatic amines is 1. The molecule has 0 radical (unpaired) electrons. The number of nitrogens with two attached hydrogens (primary N) is 1. The minimum atomic E-state index is -0.337. The molecule has 0 unspecified atom stereocenters. The smallest absolute Gasteiger partial charge is 0.223 e. The fraction of sp³-hybridized carbons (Fsp3) is 0.294. The lowest BCUT2D eigenvalue weighted by molar-refractivity contribution is -0.117. The van der Waals surface area contributed by atoms with Crippen molar-refractivity contribution < 1.29 is 4.79 Å². The Labute approximate surface area is 138 Å². The Morgan fingerprint density at radius 3 is 2.92 bits per heavy atom. The topological polar surface area (TPSA) is 102 Å². The summed E-state index contributed by atoms with van der Waals surface area (Å²) in [5.41, 5.74) is 10.1. The van der Waals surface area contributed by atoms with Crippen molar-refractivity contribution >= 4 is 22.6 Å². The van der Waals surface area contributed by atoms with Gasteiger partial charge in [-0.25, -0.2) is 14.6 Å². The molecule has 3 N–H and O–H groups in total. The zero-order chi connectivity index (χ0) is 16.5. The molecule has 1 aliphatic carbocycles. The third kappa shape index (κ3) is 2.58. The average Bonchev–Trinajstić information content (AvgIpc) is 3.32. The number of rotatable bonds is 4. The van der Waals surface area contributed by atoms with E-state index in [2.05, 4.69) is 20.1 Å². The molecule has 1 saturated carbocycles. The van der Waals surface area contributed by atoms with E-state index in [1.165, 1.54) is 11.9 Å². The molecule has 1 aliphatic rings. The number of carbonyl (C=O) groups excluding carboxylic acids is 1. The van der Waals surface area contributed by atoms with Crippen molar-refractivity contribution in [3.05, 3.63) is 36.6 Å². The van der Waals surface area contributed by atoms with Crippen LogP contribution in [0.5, 0.6) is 0 Å². The van der Waals surface area contributed by atoms with Crippen LogP contribution in [0.3, 0.4) is 0 Å². The number of hydrogen-bond donors (Lipinski definition) is 2.